The van der Waals surface area contributed by atoms with E-state index in [0.29, 0.717) is 17.7 Å². The smallest absolute Gasteiger partial charge is 0.419 e. The highest BCUT2D eigenvalue weighted by Crippen LogP contribution is 2.32. The summed E-state index contributed by atoms with van der Waals surface area (Å²) in [5, 5.41) is 3.10. The second-order valence-electron chi connectivity index (χ2n) is 9.46. The van der Waals surface area contributed by atoms with Crippen LogP contribution in [0.5, 0.6) is 0 Å². The number of rotatable bonds is 11. The number of aryl methyl sites for hydroxylation is 2. The number of allylic oxidation sites excluding steroid dienone is 4. The highest BCUT2D eigenvalue weighted by atomic mass is 19.4. The fourth-order valence-electron chi connectivity index (χ4n) is 4.32. The van der Waals surface area contributed by atoms with Gasteiger partial charge in [-0.25, -0.2) is 9.97 Å². The average Bonchev–Trinajstić information content (AvgIpc) is 2.91. The number of nitrogens with zero attached hydrogens (tertiary/aromatic N) is 4. The number of hydrogen-bond donors (Lipinski definition) is 1. The second-order valence-corrected chi connectivity index (χ2v) is 9.46. The van der Waals surface area contributed by atoms with Crippen molar-refractivity contribution < 1.29 is 22.7 Å². The van der Waals surface area contributed by atoms with Gasteiger partial charge in [-0.15, -0.1) is 6.58 Å². The third kappa shape index (κ3) is 8.95. The number of carbonyl (C=O) groups is 1. The number of alkyl halides is 3. The topological polar surface area (TPSA) is 70.6 Å². The zero-order chi connectivity index (χ0) is 28.4. The molecular formula is C29H36F3N5O2. The van der Waals surface area contributed by atoms with Gasteiger partial charge in [0.05, 0.1) is 24.8 Å². The van der Waals surface area contributed by atoms with Gasteiger partial charge in [0, 0.05) is 43.8 Å². The average molecular weight is 544 g/mol. The van der Waals surface area contributed by atoms with E-state index in [2.05, 4.69) is 38.7 Å². The highest BCUT2D eigenvalue weighted by molar-refractivity contribution is 5.72. The molecule has 1 aliphatic rings. The summed E-state index contributed by atoms with van der Waals surface area (Å²) in [4.78, 5) is 24.6. The number of ether oxygens (including phenoxy) is 1. The van der Waals surface area contributed by atoms with E-state index in [1.165, 1.54) is 7.11 Å². The van der Waals surface area contributed by atoms with Crippen molar-refractivity contribution in [3.8, 4) is 0 Å². The van der Waals surface area contributed by atoms with Gasteiger partial charge in [-0.05, 0) is 50.4 Å². The summed E-state index contributed by atoms with van der Waals surface area (Å²) < 4.78 is 46.3. The Morgan fingerprint density at radius 3 is 2.49 bits per heavy atom. The first kappa shape index (κ1) is 29.9. The van der Waals surface area contributed by atoms with E-state index in [1.54, 1.807) is 30.3 Å². The van der Waals surface area contributed by atoms with Gasteiger partial charge in [-0.3, -0.25) is 4.79 Å². The van der Waals surface area contributed by atoms with Gasteiger partial charge in [0.15, 0.2) is 0 Å². The van der Waals surface area contributed by atoms with Crippen LogP contribution in [0.2, 0.25) is 0 Å². The van der Waals surface area contributed by atoms with E-state index in [9.17, 15) is 18.0 Å². The summed E-state index contributed by atoms with van der Waals surface area (Å²) in [5.41, 5.74) is 2.21. The summed E-state index contributed by atoms with van der Waals surface area (Å²) in [6.45, 7) is 9.48. The van der Waals surface area contributed by atoms with Crippen molar-refractivity contribution in [3.63, 3.8) is 0 Å². The van der Waals surface area contributed by atoms with Gasteiger partial charge in [-0.2, -0.15) is 13.2 Å². The first-order valence-electron chi connectivity index (χ1n) is 12.9. The molecule has 0 spiro atoms. The molecule has 1 fully saturated rings. The Bertz CT molecular complexity index is 1200. The van der Waals surface area contributed by atoms with Crippen LogP contribution in [0.15, 0.2) is 66.7 Å². The van der Waals surface area contributed by atoms with Gasteiger partial charge in [0.1, 0.15) is 0 Å². The molecule has 210 valence electrons. The fraction of sp³-hybridized carbons (Fsp3) is 0.414. The van der Waals surface area contributed by atoms with Gasteiger partial charge >= 0.3 is 12.1 Å². The van der Waals surface area contributed by atoms with E-state index in [-0.39, 0.29) is 30.9 Å². The third-order valence-electron chi connectivity index (χ3n) is 6.61. The zero-order valence-corrected chi connectivity index (χ0v) is 22.7. The molecule has 10 heteroatoms. The largest absolute Gasteiger partial charge is 0.469 e. The molecule has 0 aliphatic carbocycles. The highest BCUT2D eigenvalue weighted by Gasteiger charge is 2.35. The van der Waals surface area contributed by atoms with Gasteiger partial charge in [0.2, 0.25) is 5.95 Å². The molecule has 0 atom stereocenters. The number of anilines is 1. The number of esters is 1. The molecule has 0 unspecified atom stereocenters. The maximum Gasteiger partial charge on any atom is 0.419 e. The van der Waals surface area contributed by atoms with Crippen LogP contribution < -0.4 is 5.32 Å². The summed E-state index contributed by atoms with van der Waals surface area (Å²) in [6, 6.07) is 7.15. The number of likely N-dealkylation sites (N-methyl/N-ethyl adjacent to an activating group) is 1. The lowest BCUT2D eigenvalue weighted by atomic mass is 9.98. The summed E-state index contributed by atoms with van der Waals surface area (Å²) >= 11 is 0. The molecule has 1 aromatic carbocycles. The summed E-state index contributed by atoms with van der Waals surface area (Å²) in [5.74, 6) is -0.329. The number of hydrogen-bond acceptors (Lipinski definition) is 7. The monoisotopic (exact) mass is 543 g/mol. The van der Waals surface area contributed by atoms with Crippen LogP contribution in [0.1, 0.15) is 35.7 Å². The number of piperazine rings is 1. The van der Waals surface area contributed by atoms with Crippen molar-refractivity contribution in [1.82, 2.24) is 19.8 Å². The van der Waals surface area contributed by atoms with Crippen molar-refractivity contribution in [2.24, 2.45) is 0 Å². The van der Waals surface area contributed by atoms with Crippen molar-refractivity contribution in [1.29, 1.82) is 0 Å². The fourth-order valence-corrected chi connectivity index (χ4v) is 4.32. The minimum atomic E-state index is -4.60. The first-order valence-corrected chi connectivity index (χ1v) is 12.9. The lowest BCUT2D eigenvalue weighted by Crippen LogP contribution is -2.43. The standard InChI is InChI=1S/C29H36F3N5O2/c1-5-6-11-24(18-21(2)37-16-14-36(3)15-17-37)34-28-33-20-25(29(30,31)32)26(35-28)13-12-22-9-7-8-10-23(22)19-27(38)39-4/h5,7-11,18,20H,1,6,12-17,19H2,2-4H3,(H,33,34,35)/b21-18+,24-11+. The van der Waals surface area contributed by atoms with E-state index in [1.807, 2.05) is 19.1 Å². The summed E-state index contributed by atoms with van der Waals surface area (Å²) in [7, 11) is 3.39. The maximum absolute atomic E-state index is 13.8. The lowest BCUT2D eigenvalue weighted by molar-refractivity contribution is -0.140. The van der Waals surface area contributed by atoms with Gasteiger partial charge < -0.3 is 19.9 Å². The Morgan fingerprint density at radius 2 is 1.85 bits per heavy atom. The molecule has 2 aromatic rings. The molecule has 1 aliphatic heterocycles. The van der Waals surface area contributed by atoms with Crippen LogP contribution in [0.4, 0.5) is 19.1 Å². The Morgan fingerprint density at radius 1 is 1.15 bits per heavy atom. The van der Waals surface area contributed by atoms with Gasteiger partial charge in [0.25, 0.3) is 0 Å². The SMILES string of the molecule is C=CC/C=C(\C=C(/C)N1CCN(C)CC1)Nc1ncc(C(F)(F)F)c(CCc2ccccc2CC(=O)OC)n1. The molecule has 0 saturated carbocycles. The molecule has 1 N–H and O–H groups in total. The van der Waals surface area contributed by atoms with Gasteiger partial charge in [-0.1, -0.05) is 36.4 Å². The molecule has 3 rings (SSSR count). The lowest BCUT2D eigenvalue weighted by Gasteiger charge is -2.34. The molecule has 1 saturated heterocycles. The van der Waals surface area contributed by atoms with E-state index in [0.717, 1.165) is 43.6 Å². The van der Waals surface area contributed by atoms with Crippen LogP contribution in [-0.2, 0) is 35.0 Å². The van der Waals surface area contributed by atoms with Crippen LogP contribution in [0.3, 0.4) is 0 Å². The van der Waals surface area contributed by atoms with Crippen LogP contribution in [0, 0.1) is 0 Å². The predicted molar refractivity (Wildman–Crippen MR) is 146 cm³/mol. The van der Waals surface area contributed by atoms with Crippen molar-refractivity contribution in [2.75, 3.05) is 45.7 Å². The van der Waals surface area contributed by atoms with Crippen molar-refractivity contribution >= 4 is 11.9 Å². The Labute approximate surface area is 228 Å². The second kappa shape index (κ2) is 13.9. The molecule has 1 aromatic heterocycles. The normalized spacial score (nSPS) is 15.3. The predicted octanol–water partition coefficient (Wildman–Crippen LogP) is 5.02. The van der Waals surface area contributed by atoms with Crippen LogP contribution >= 0.6 is 0 Å². The number of nitrogens with one attached hydrogen (secondary N) is 1. The Hall–Kier alpha value is -3.66. The molecule has 39 heavy (non-hydrogen) atoms. The zero-order valence-electron chi connectivity index (χ0n) is 22.7. The van der Waals surface area contributed by atoms with E-state index >= 15 is 0 Å². The van der Waals surface area contributed by atoms with Crippen LogP contribution in [-0.4, -0.2) is 66.1 Å². The quantitative estimate of drug-likeness (QED) is 0.243. The van der Waals surface area contributed by atoms with Crippen LogP contribution in [0.25, 0.3) is 0 Å². The number of aromatic nitrogens is 2. The maximum atomic E-state index is 13.8. The molecule has 0 radical (unpaired) electrons. The summed E-state index contributed by atoms with van der Waals surface area (Å²) in [6.07, 6.45) is 2.73. The molecule has 0 amide bonds. The number of halogens is 3. The molecular weight excluding hydrogens is 507 g/mol. The Kier molecular flexibility index (Phi) is 10.7. The minimum absolute atomic E-state index is 0.0199. The first-order chi connectivity index (χ1) is 18.6. The number of methoxy groups -OCH3 is 1. The van der Waals surface area contributed by atoms with E-state index in [4.69, 9.17) is 4.74 Å². The van der Waals surface area contributed by atoms with Crippen molar-refractivity contribution in [2.45, 2.75) is 38.8 Å². The minimum Gasteiger partial charge on any atom is -0.469 e. The molecule has 2 heterocycles. The molecule has 0 bridgehead atoms. The Balaban J connectivity index is 1.85. The van der Waals surface area contributed by atoms with E-state index < -0.39 is 17.7 Å². The third-order valence-corrected chi connectivity index (χ3v) is 6.61. The number of benzene rings is 1. The number of carbonyl (C=O) groups excluding carboxylic acids is 1. The molecule has 7 nitrogen and oxygen atoms in total. The van der Waals surface area contributed by atoms with Crippen molar-refractivity contribution in [3.05, 3.63) is 89.0 Å².